The Morgan fingerprint density at radius 1 is 1.25 bits per heavy atom. The van der Waals surface area contributed by atoms with Gasteiger partial charge < -0.3 is 5.73 Å². The predicted octanol–water partition coefficient (Wildman–Crippen LogP) is 2.72. The van der Waals surface area contributed by atoms with Crippen LogP contribution in [0.3, 0.4) is 0 Å². The van der Waals surface area contributed by atoms with Crippen LogP contribution in [-0.2, 0) is 7.05 Å². The maximum Gasteiger partial charge on any atom is 0.0929 e. The number of rotatable bonds is 2. The van der Waals surface area contributed by atoms with Crippen LogP contribution in [0.4, 0.5) is 0 Å². The molecule has 86 valence electrons. The van der Waals surface area contributed by atoms with Crippen molar-refractivity contribution in [3.05, 3.63) is 29.5 Å². The lowest BCUT2D eigenvalue weighted by Gasteiger charge is -2.07. The Bertz CT molecular complexity index is 509. The predicted molar refractivity (Wildman–Crippen MR) is 67.4 cm³/mol. The Morgan fingerprint density at radius 2 is 1.94 bits per heavy atom. The molecule has 2 rings (SSSR count). The van der Waals surface area contributed by atoms with Crippen LogP contribution in [-0.4, -0.2) is 9.78 Å². The third-order valence-corrected chi connectivity index (χ3v) is 2.98. The van der Waals surface area contributed by atoms with Crippen LogP contribution in [0, 0.1) is 0 Å². The maximum absolute atomic E-state index is 5.87. The largest absolute Gasteiger partial charge is 0.324 e. The van der Waals surface area contributed by atoms with E-state index in [1.807, 2.05) is 18.7 Å². The summed E-state index contributed by atoms with van der Waals surface area (Å²) in [7, 11) is 2.00. The van der Waals surface area contributed by atoms with E-state index in [1.54, 1.807) is 0 Å². The average molecular weight is 217 g/mol. The number of benzene rings is 1. The molecule has 1 atom stereocenters. The standard InChI is InChI=1S/C13H19N3/c1-8(2)13-11-6-5-10(9(3)14)7-12(11)15-16(13)4/h5-9H,14H2,1-4H3. The average Bonchev–Trinajstić information content (AvgIpc) is 2.51. The van der Waals surface area contributed by atoms with Gasteiger partial charge in [-0.1, -0.05) is 26.0 Å². The third-order valence-electron chi connectivity index (χ3n) is 2.98. The molecule has 0 saturated heterocycles. The fourth-order valence-electron chi connectivity index (χ4n) is 2.21. The van der Waals surface area contributed by atoms with Gasteiger partial charge in [0.1, 0.15) is 0 Å². The van der Waals surface area contributed by atoms with E-state index >= 15 is 0 Å². The molecule has 0 radical (unpaired) electrons. The van der Waals surface area contributed by atoms with E-state index in [1.165, 1.54) is 11.1 Å². The van der Waals surface area contributed by atoms with E-state index in [0.29, 0.717) is 5.92 Å². The van der Waals surface area contributed by atoms with E-state index in [2.05, 4.69) is 37.1 Å². The molecule has 3 nitrogen and oxygen atoms in total. The minimum absolute atomic E-state index is 0.0638. The Morgan fingerprint density at radius 3 is 2.50 bits per heavy atom. The second-order valence-corrected chi connectivity index (χ2v) is 4.73. The summed E-state index contributed by atoms with van der Waals surface area (Å²) in [5, 5.41) is 5.78. The van der Waals surface area contributed by atoms with Gasteiger partial charge in [0.15, 0.2) is 0 Å². The fraction of sp³-hybridized carbons (Fsp3) is 0.462. The van der Waals surface area contributed by atoms with Crippen molar-refractivity contribution in [1.82, 2.24) is 9.78 Å². The van der Waals surface area contributed by atoms with Crippen molar-refractivity contribution in [2.75, 3.05) is 0 Å². The van der Waals surface area contributed by atoms with Crippen LogP contribution in [0.2, 0.25) is 0 Å². The zero-order valence-electron chi connectivity index (χ0n) is 10.4. The Hall–Kier alpha value is -1.35. The van der Waals surface area contributed by atoms with E-state index in [9.17, 15) is 0 Å². The molecular weight excluding hydrogens is 198 g/mol. The van der Waals surface area contributed by atoms with Gasteiger partial charge >= 0.3 is 0 Å². The molecule has 1 heterocycles. The van der Waals surface area contributed by atoms with Gasteiger partial charge in [0.2, 0.25) is 0 Å². The Labute approximate surface area is 96.2 Å². The lowest BCUT2D eigenvalue weighted by molar-refractivity contribution is 0.677. The van der Waals surface area contributed by atoms with Crippen molar-refractivity contribution >= 4 is 10.9 Å². The first-order valence-electron chi connectivity index (χ1n) is 5.73. The normalized spacial score (nSPS) is 13.6. The first kappa shape index (κ1) is 11.1. The zero-order chi connectivity index (χ0) is 11.9. The molecule has 3 heteroatoms. The smallest absolute Gasteiger partial charge is 0.0929 e. The highest BCUT2D eigenvalue weighted by Gasteiger charge is 2.12. The SMILES string of the molecule is CC(C)c1c2ccc(C(C)N)cc2nn1C. The monoisotopic (exact) mass is 217 g/mol. The molecule has 0 spiro atoms. The first-order chi connectivity index (χ1) is 7.50. The summed E-state index contributed by atoms with van der Waals surface area (Å²) in [4.78, 5) is 0. The van der Waals surface area contributed by atoms with Crippen LogP contribution in [0.15, 0.2) is 18.2 Å². The van der Waals surface area contributed by atoms with Gasteiger partial charge in [-0.15, -0.1) is 0 Å². The molecule has 1 aromatic carbocycles. The summed E-state index contributed by atoms with van der Waals surface area (Å²) in [6.45, 7) is 6.37. The summed E-state index contributed by atoms with van der Waals surface area (Å²) in [6.07, 6.45) is 0. The number of nitrogens with two attached hydrogens (primary N) is 1. The zero-order valence-corrected chi connectivity index (χ0v) is 10.4. The van der Waals surface area contributed by atoms with Crippen molar-refractivity contribution in [3.63, 3.8) is 0 Å². The van der Waals surface area contributed by atoms with E-state index in [0.717, 1.165) is 11.1 Å². The first-order valence-corrected chi connectivity index (χ1v) is 5.73. The van der Waals surface area contributed by atoms with Crippen LogP contribution < -0.4 is 5.73 Å². The summed E-state index contributed by atoms with van der Waals surface area (Å²) >= 11 is 0. The lowest BCUT2D eigenvalue weighted by atomic mass is 10.0. The third kappa shape index (κ3) is 1.71. The van der Waals surface area contributed by atoms with Gasteiger partial charge in [-0.05, 0) is 24.5 Å². The van der Waals surface area contributed by atoms with Crippen molar-refractivity contribution < 1.29 is 0 Å². The topological polar surface area (TPSA) is 43.8 Å². The summed E-state index contributed by atoms with van der Waals surface area (Å²) in [5.74, 6) is 0.483. The highest BCUT2D eigenvalue weighted by atomic mass is 15.3. The lowest BCUT2D eigenvalue weighted by Crippen LogP contribution is -2.04. The summed E-state index contributed by atoms with van der Waals surface area (Å²) in [6, 6.07) is 6.39. The van der Waals surface area contributed by atoms with Crippen LogP contribution in [0.1, 0.15) is 44.0 Å². The number of nitrogens with zero attached hydrogens (tertiary/aromatic N) is 2. The molecule has 2 N–H and O–H groups in total. The number of aryl methyl sites for hydroxylation is 1. The molecule has 0 saturated carbocycles. The molecule has 0 aliphatic carbocycles. The van der Waals surface area contributed by atoms with Gasteiger partial charge in [-0.3, -0.25) is 4.68 Å². The number of aromatic nitrogens is 2. The summed E-state index contributed by atoms with van der Waals surface area (Å²) < 4.78 is 1.97. The van der Waals surface area contributed by atoms with Crippen LogP contribution in [0.5, 0.6) is 0 Å². The molecule has 16 heavy (non-hydrogen) atoms. The van der Waals surface area contributed by atoms with Crippen molar-refractivity contribution in [2.24, 2.45) is 12.8 Å². The molecule has 2 aromatic rings. The molecule has 0 aliphatic heterocycles. The molecular formula is C13H19N3. The van der Waals surface area contributed by atoms with Crippen molar-refractivity contribution in [3.8, 4) is 0 Å². The maximum atomic E-state index is 5.87. The van der Waals surface area contributed by atoms with Crippen molar-refractivity contribution in [1.29, 1.82) is 0 Å². The molecule has 0 bridgehead atoms. The van der Waals surface area contributed by atoms with E-state index < -0.39 is 0 Å². The van der Waals surface area contributed by atoms with Gasteiger partial charge in [0, 0.05) is 24.2 Å². The minimum Gasteiger partial charge on any atom is -0.324 e. The van der Waals surface area contributed by atoms with Crippen LogP contribution >= 0.6 is 0 Å². The number of hydrogen-bond donors (Lipinski definition) is 1. The van der Waals surface area contributed by atoms with Gasteiger partial charge in [-0.2, -0.15) is 5.10 Å². The van der Waals surface area contributed by atoms with Crippen molar-refractivity contribution in [2.45, 2.75) is 32.7 Å². The second kappa shape index (κ2) is 3.91. The fourth-order valence-corrected chi connectivity index (χ4v) is 2.21. The molecule has 1 aromatic heterocycles. The molecule has 0 fully saturated rings. The van der Waals surface area contributed by atoms with E-state index in [4.69, 9.17) is 5.73 Å². The highest BCUT2D eigenvalue weighted by molar-refractivity contribution is 5.82. The van der Waals surface area contributed by atoms with Gasteiger partial charge in [0.25, 0.3) is 0 Å². The van der Waals surface area contributed by atoms with Gasteiger partial charge in [-0.25, -0.2) is 0 Å². The Kier molecular flexibility index (Phi) is 2.72. The molecule has 0 amide bonds. The summed E-state index contributed by atoms with van der Waals surface area (Å²) in [5.41, 5.74) is 9.34. The molecule has 1 unspecified atom stereocenters. The highest BCUT2D eigenvalue weighted by Crippen LogP contribution is 2.26. The Balaban J connectivity index is 2.65. The number of fused-ring (bicyclic) bond motifs is 1. The molecule has 0 aliphatic rings. The second-order valence-electron chi connectivity index (χ2n) is 4.73. The van der Waals surface area contributed by atoms with Crippen LogP contribution in [0.25, 0.3) is 10.9 Å². The van der Waals surface area contributed by atoms with Gasteiger partial charge in [0.05, 0.1) is 5.52 Å². The number of hydrogen-bond acceptors (Lipinski definition) is 2. The minimum atomic E-state index is 0.0638. The quantitative estimate of drug-likeness (QED) is 0.840. The van der Waals surface area contributed by atoms with E-state index in [-0.39, 0.29) is 6.04 Å².